The summed E-state index contributed by atoms with van der Waals surface area (Å²) in [6.07, 6.45) is 0. The maximum Gasteiger partial charge on any atom is 0.0565 e. The lowest BCUT2D eigenvalue weighted by atomic mass is 10.1. The van der Waals surface area contributed by atoms with Gasteiger partial charge in [0.1, 0.15) is 0 Å². The first-order chi connectivity index (χ1) is 3.68. The summed E-state index contributed by atoms with van der Waals surface area (Å²) in [5.74, 6) is 0.917. The predicted molar refractivity (Wildman–Crippen MR) is 39.1 cm³/mol. The molecule has 0 aromatic rings. The predicted octanol–water partition coefficient (Wildman–Crippen LogP) is 1.40. The van der Waals surface area contributed by atoms with Crippen LogP contribution in [0.2, 0.25) is 0 Å². The molecule has 0 saturated carbocycles. The Morgan fingerprint density at radius 2 is 1.25 bits per heavy atom. The molecule has 1 nitrogen and oxygen atoms in total. The normalized spacial score (nSPS) is 12.0. The van der Waals surface area contributed by atoms with E-state index in [1.165, 1.54) is 0 Å². The molecule has 0 spiro atoms. The molecule has 0 heterocycles. The van der Waals surface area contributed by atoms with Gasteiger partial charge in [0.05, 0.1) is 5.54 Å². The van der Waals surface area contributed by atoms with Crippen molar-refractivity contribution in [2.75, 3.05) is 17.6 Å². The van der Waals surface area contributed by atoms with Crippen LogP contribution in [0.1, 0.15) is 0 Å². The molecule has 8 heavy (non-hydrogen) atoms. The van der Waals surface area contributed by atoms with Gasteiger partial charge in [-0.05, 0) is 0 Å². The van der Waals surface area contributed by atoms with Crippen LogP contribution in [0.3, 0.4) is 0 Å². The zero-order valence-corrected chi connectivity index (χ0v) is 6.60. The molecule has 0 aliphatic heterocycles. The van der Waals surface area contributed by atoms with Crippen LogP contribution >= 0.6 is 34.8 Å². The van der Waals surface area contributed by atoms with E-state index in [0.717, 1.165) is 0 Å². The van der Waals surface area contributed by atoms with Gasteiger partial charge in [-0.15, -0.1) is 34.8 Å². The molecule has 0 aromatic carbocycles. The quantitative estimate of drug-likeness (QED) is 0.647. The van der Waals surface area contributed by atoms with Crippen LogP contribution in [0.15, 0.2) is 0 Å². The molecular weight excluding hydrogens is 168 g/mol. The SMILES string of the molecule is NC(CCl)(CCl)CCl. The Morgan fingerprint density at radius 1 is 1.00 bits per heavy atom. The molecule has 0 aromatic heterocycles. The molecular formula is C4H8Cl3N. The van der Waals surface area contributed by atoms with Crippen LogP contribution in [0.25, 0.3) is 0 Å². The van der Waals surface area contributed by atoms with Crippen molar-refractivity contribution in [1.82, 2.24) is 0 Å². The Hall–Kier alpha value is 0.830. The maximum atomic E-state index is 5.50. The smallest absolute Gasteiger partial charge is 0.0565 e. The van der Waals surface area contributed by atoms with Crippen LogP contribution in [0, 0.1) is 0 Å². The van der Waals surface area contributed by atoms with Gasteiger partial charge < -0.3 is 5.73 Å². The zero-order chi connectivity index (χ0) is 6.62. The Morgan fingerprint density at radius 3 is 1.25 bits per heavy atom. The van der Waals surface area contributed by atoms with Crippen LogP contribution in [-0.2, 0) is 0 Å². The lowest BCUT2D eigenvalue weighted by molar-refractivity contribution is 0.602. The fourth-order valence-electron chi connectivity index (χ4n) is 0.107. The Labute approximate surface area is 64.1 Å². The van der Waals surface area contributed by atoms with Crippen molar-refractivity contribution in [3.63, 3.8) is 0 Å². The number of halogens is 3. The second-order valence-corrected chi connectivity index (χ2v) is 2.57. The summed E-state index contributed by atoms with van der Waals surface area (Å²) in [4.78, 5) is 0. The topological polar surface area (TPSA) is 26.0 Å². The average molecular weight is 176 g/mol. The highest BCUT2D eigenvalue weighted by atomic mass is 35.5. The fraction of sp³-hybridized carbons (Fsp3) is 1.00. The highest BCUT2D eigenvalue weighted by molar-refractivity contribution is 6.25. The minimum absolute atomic E-state index is 0.306. The summed E-state index contributed by atoms with van der Waals surface area (Å²) in [7, 11) is 0. The molecule has 0 aliphatic carbocycles. The molecule has 0 aliphatic rings. The van der Waals surface area contributed by atoms with Crippen molar-refractivity contribution in [3.05, 3.63) is 0 Å². The van der Waals surface area contributed by atoms with Crippen LogP contribution in [-0.4, -0.2) is 23.2 Å². The van der Waals surface area contributed by atoms with E-state index in [9.17, 15) is 0 Å². The van der Waals surface area contributed by atoms with Gasteiger partial charge in [0, 0.05) is 17.6 Å². The fourth-order valence-corrected chi connectivity index (χ4v) is 0.964. The molecule has 0 radical (unpaired) electrons. The van der Waals surface area contributed by atoms with Crippen LogP contribution < -0.4 is 5.73 Å². The molecule has 0 amide bonds. The number of rotatable bonds is 3. The van der Waals surface area contributed by atoms with E-state index in [2.05, 4.69) is 0 Å². The summed E-state index contributed by atoms with van der Waals surface area (Å²) >= 11 is 16.2. The second kappa shape index (κ2) is 3.78. The molecule has 0 fully saturated rings. The highest BCUT2D eigenvalue weighted by Crippen LogP contribution is 2.07. The zero-order valence-electron chi connectivity index (χ0n) is 4.33. The van der Waals surface area contributed by atoms with Crippen molar-refractivity contribution in [2.45, 2.75) is 5.54 Å². The number of alkyl halides is 3. The first kappa shape index (κ1) is 8.83. The minimum Gasteiger partial charge on any atom is -0.322 e. The standard InChI is InChI=1S/C4H8Cl3N/c5-1-4(8,2-6)3-7/h1-3,8H2. The molecule has 50 valence electrons. The van der Waals surface area contributed by atoms with E-state index in [4.69, 9.17) is 40.5 Å². The third-order valence-corrected chi connectivity index (χ3v) is 2.40. The Bertz CT molecular complexity index is 54.0. The molecule has 0 bridgehead atoms. The Balaban J connectivity index is 3.58. The first-order valence-electron chi connectivity index (χ1n) is 2.15. The van der Waals surface area contributed by atoms with Gasteiger partial charge in [-0.25, -0.2) is 0 Å². The van der Waals surface area contributed by atoms with E-state index in [1.54, 1.807) is 0 Å². The van der Waals surface area contributed by atoms with E-state index in [1.807, 2.05) is 0 Å². The summed E-state index contributed by atoms with van der Waals surface area (Å²) in [6, 6.07) is 0. The van der Waals surface area contributed by atoms with Gasteiger partial charge >= 0.3 is 0 Å². The second-order valence-electron chi connectivity index (χ2n) is 1.76. The molecule has 2 N–H and O–H groups in total. The Kier molecular flexibility index (Phi) is 4.17. The number of hydrogen-bond donors (Lipinski definition) is 1. The van der Waals surface area contributed by atoms with Crippen molar-refractivity contribution in [2.24, 2.45) is 5.73 Å². The van der Waals surface area contributed by atoms with Gasteiger partial charge in [0.25, 0.3) is 0 Å². The van der Waals surface area contributed by atoms with E-state index >= 15 is 0 Å². The van der Waals surface area contributed by atoms with E-state index < -0.39 is 5.54 Å². The van der Waals surface area contributed by atoms with Gasteiger partial charge in [-0.1, -0.05) is 0 Å². The van der Waals surface area contributed by atoms with Crippen molar-refractivity contribution in [3.8, 4) is 0 Å². The molecule has 0 saturated heterocycles. The number of nitrogens with two attached hydrogens (primary N) is 1. The van der Waals surface area contributed by atoms with Crippen molar-refractivity contribution < 1.29 is 0 Å². The number of hydrogen-bond acceptors (Lipinski definition) is 1. The monoisotopic (exact) mass is 175 g/mol. The van der Waals surface area contributed by atoms with Crippen LogP contribution in [0.4, 0.5) is 0 Å². The van der Waals surface area contributed by atoms with Gasteiger partial charge in [0.15, 0.2) is 0 Å². The molecule has 4 heteroatoms. The minimum atomic E-state index is -0.579. The van der Waals surface area contributed by atoms with Crippen LogP contribution in [0.5, 0.6) is 0 Å². The third kappa shape index (κ3) is 2.40. The van der Waals surface area contributed by atoms with E-state index in [-0.39, 0.29) is 0 Å². The largest absolute Gasteiger partial charge is 0.322 e. The van der Waals surface area contributed by atoms with Gasteiger partial charge in [0.2, 0.25) is 0 Å². The summed E-state index contributed by atoms with van der Waals surface area (Å²) in [6.45, 7) is 0. The maximum absolute atomic E-state index is 5.50. The summed E-state index contributed by atoms with van der Waals surface area (Å²) in [5, 5.41) is 0. The van der Waals surface area contributed by atoms with Crippen molar-refractivity contribution in [1.29, 1.82) is 0 Å². The lowest BCUT2D eigenvalue weighted by Crippen LogP contribution is -2.45. The first-order valence-corrected chi connectivity index (χ1v) is 3.75. The molecule has 0 atom stereocenters. The summed E-state index contributed by atoms with van der Waals surface area (Å²) < 4.78 is 0. The lowest BCUT2D eigenvalue weighted by Gasteiger charge is -2.19. The molecule has 0 unspecified atom stereocenters. The highest BCUT2D eigenvalue weighted by Gasteiger charge is 2.20. The van der Waals surface area contributed by atoms with Gasteiger partial charge in [-0.3, -0.25) is 0 Å². The van der Waals surface area contributed by atoms with E-state index in [0.29, 0.717) is 17.6 Å². The van der Waals surface area contributed by atoms with Gasteiger partial charge in [-0.2, -0.15) is 0 Å². The van der Waals surface area contributed by atoms with Crippen molar-refractivity contribution >= 4 is 34.8 Å². The molecule has 0 rings (SSSR count). The average Bonchev–Trinajstić information content (AvgIpc) is 1.87. The summed E-state index contributed by atoms with van der Waals surface area (Å²) in [5.41, 5.74) is 4.92. The third-order valence-electron chi connectivity index (χ3n) is 0.798.